The molecule has 3 aromatic rings. The number of esters is 1. The maximum atomic E-state index is 13.4. The molecular weight excluding hydrogens is 371 g/mol. The topological polar surface area (TPSA) is 65.2 Å². The number of hydrogen-bond donors (Lipinski definition) is 0. The van der Waals surface area contributed by atoms with Crippen LogP contribution in [0.1, 0.15) is 55.7 Å². The van der Waals surface area contributed by atoms with E-state index < -0.39 is 11.5 Å². The Hall–Kier alpha value is -3.02. The highest BCUT2D eigenvalue weighted by molar-refractivity contribution is 5.83. The number of rotatable bonds is 5. The minimum atomic E-state index is -0.748. The molecule has 0 radical (unpaired) electrons. The van der Waals surface area contributed by atoms with Gasteiger partial charge in [-0.05, 0) is 56.5 Å². The molecule has 0 aliphatic heterocycles. The average Bonchev–Trinajstić information content (AvgIpc) is 3.40. The summed E-state index contributed by atoms with van der Waals surface area (Å²) >= 11 is 0. The third-order valence-electron chi connectivity index (χ3n) is 5.62. The Morgan fingerprint density at radius 2 is 1.72 bits per heavy atom. The van der Waals surface area contributed by atoms with Gasteiger partial charge in [0.1, 0.15) is 5.82 Å². The number of halogens is 1. The first-order chi connectivity index (χ1) is 14.0. The van der Waals surface area contributed by atoms with E-state index in [1.165, 1.54) is 12.1 Å². The van der Waals surface area contributed by atoms with Crippen molar-refractivity contribution < 1.29 is 18.3 Å². The first-order valence-electron chi connectivity index (χ1n) is 9.85. The highest BCUT2D eigenvalue weighted by Crippen LogP contribution is 2.43. The van der Waals surface area contributed by atoms with Crippen LogP contribution in [0.15, 0.2) is 52.9 Å². The van der Waals surface area contributed by atoms with Crippen LogP contribution < -0.4 is 0 Å². The van der Waals surface area contributed by atoms with Gasteiger partial charge in [0.25, 0.3) is 5.89 Å². The SMILES string of the molecule is Cc1ccc(-c2nnc([C@@H](C)OC(=O)C3(c4ccc(F)cc4)CCCC3)o2)cc1. The summed E-state index contributed by atoms with van der Waals surface area (Å²) in [7, 11) is 0. The molecule has 1 heterocycles. The average molecular weight is 394 g/mol. The molecule has 0 N–H and O–H groups in total. The molecule has 0 saturated heterocycles. The fourth-order valence-corrected chi connectivity index (χ4v) is 3.89. The number of hydrogen-bond acceptors (Lipinski definition) is 5. The minimum Gasteiger partial charge on any atom is -0.452 e. The molecule has 1 aliphatic rings. The normalized spacial score (nSPS) is 16.5. The number of ether oxygens (including phenoxy) is 1. The van der Waals surface area contributed by atoms with Gasteiger partial charge in [0.15, 0.2) is 6.10 Å². The predicted molar refractivity (Wildman–Crippen MR) is 106 cm³/mol. The number of benzene rings is 2. The van der Waals surface area contributed by atoms with Crippen LogP contribution in [0.3, 0.4) is 0 Å². The van der Waals surface area contributed by atoms with Gasteiger partial charge in [0, 0.05) is 5.56 Å². The van der Waals surface area contributed by atoms with Crippen LogP contribution >= 0.6 is 0 Å². The van der Waals surface area contributed by atoms with Crippen molar-refractivity contribution in [3.8, 4) is 11.5 Å². The van der Waals surface area contributed by atoms with E-state index in [1.807, 2.05) is 31.2 Å². The Balaban J connectivity index is 1.52. The fraction of sp³-hybridized carbons (Fsp3) is 0.348. The maximum absolute atomic E-state index is 13.4. The molecule has 6 heteroatoms. The summed E-state index contributed by atoms with van der Waals surface area (Å²) in [4.78, 5) is 13.1. The molecule has 1 atom stereocenters. The first-order valence-corrected chi connectivity index (χ1v) is 9.85. The zero-order valence-corrected chi connectivity index (χ0v) is 16.5. The Morgan fingerprint density at radius 3 is 2.38 bits per heavy atom. The predicted octanol–water partition coefficient (Wildman–Crippen LogP) is 5.30. The van der Waals surface area contributed by atoms with Crippen molar-refractivity contribution in [2.45, 2.75) is 51.0 Å². The van der Waals surface area contributed by atoms with Crippen LogP contribution in [0.25, 0.3) is 11.5 Å². The summed E-state index contributed by atoms with van der Waals surface area (Å²) in [5.41, 5.74) is 1.99. The second-order valence-corrected chi connectivity index (χ2v) is 7.66. The largest absolute Gasteiger partial charge is 0.452 e. The Kier molecular flexibility index (Phi) is 5.18. The van der Waals surface area contributed by atoms with Gasteiger partial charge in [-0.1, -0.05) is 42.7 Å². The molecule has 0 spiro atoms. The third-order valence-corrected chi connectivity index (χ3v) is 5.62. The molecule has 1 fully saturated rings. The van der Waals surface area contributed by atoms with E-state index in [-0.39, 0.29) is 17.7 Å². The number of aryl methyl sites for hydroxylation is 1. The lowest BCUT2D eigenvalue weighted by atomic mass is 9.79. The molecule has 2 aromatic carbocycles. The van der Waals surface area contributed by atoms with Gasteiger partial charge in [0.05, 0.1) is 5.41 Å². The van der Waals surface area contributed by atoms with Crippen molar-refractivity contribution in [3.63, 3.8) is 0 Å². The second kappa shape index (κ2) is 7.78. The highest BCUT2D eigenvalue weighted by Gasteiger charge is 2.45. The van der Waals surface area contributed by atoms with E-state index in [9.17, 15) is 9.18 Å². The van der Waals surface area contributed by atoms with Gasteiger partial charge in [-0.2, -0.15) is 0 Å². The van der Waals surface area contributed by atoms with Crippen molar-refractivity contribution >= 4 is 5.97 Å². The Bertz CT molecular complexity index is 990. The van der Waals surface area contributed by atoms with Crippen LogP contribution in [0.4, 0.5) is 4.39 Å². The molecule has 1 aliphatic carbocycles. The van der Waals surface area contributed by atoms with Crippen LogP contribution in [0.5, 0.6) is 0 Å². The summed E-state index contributed by atoms with van der Waals surface area (Å²) in [6.07, 6.45) is 2.55. The van der Waals surface area contributed by atoms with E-state index in [4.69, 9.17) is 9.15 Å². The lowest BCUT2D eigenvalue weighted by Crippen LogP contribution is -2.35. The van der Waals surface area contributed by atoms with Crippen molar-refractivity contribution in [1.29, 1.82) is 0 Å². The Morgan fingerprint density at radius 1 is 1.07 bits per heavy atom. The standard InChI is InChI=1S/C23H23FN2O3/c1-15-5-7-17(8-6-15)21-26-25-20(29-21)16(2)28-22(27)23(13-3-4-14-23)18-9-11-19(24)12-10-18/h5-12,16H,3-4,13-14H2,1-2H3/t16-/m1/s1. The number of carbonyl (C=O) groups is 1. The van der Waals surface area contributed by atoms with Gasteiger partial charge in [-0.15, -0.1) is 10.2 Å². The van der Waals surface area contributed by atoms with Crippen LogP contribution in [-0.2, 0) is 14.9 Å². The molecule has 0 unspecified atom stereocenters. The summed E-state index contributed by atoms with van der Waals surface area (Å²) in [6.45, 7) is 3.72. The number of carbonyl (C=O) groups excluding carboxylic acids is 1. The van der Waals surface area contributed by atoms with E-state index >= 15 is 0 Å². The zero-order valence-electron chi connectivity index (χ0n) is 16.5. The van der Waals surface area contributed by atoms with Crippen molar-refractivity contribution in [2.75, 3.05) is 0 Å². The smallest absolute Gasteiger partial charge is 0.317 e. The molecule has 1 aromatic heterocycles. The highest BCUT2D eigenvalue weighted by atomic mass is 19.1. The summed E-state index contributed by atoms with van der Waals surface area (Å²) in [5.74, 6) is -0.0134. The van der Waals surface area contributed by atoms with Crippen LogP contribution in [0, 0.1) is 12.7 Å². The molecule has 29 heavy (non-hydrogen) atoms. The van der Waals surface area contributed by atoms with Gasteiger partial charge < -0.3 is 9.15 Å². The van der Waals surface area contributed by atoms with Crippen LogP contribution in [-0.4, -0.2) is 16.2 Å². The lowest BCUT2D eigenvalue weighted by molar-refractivity contribution is -0.156. The summed E-state index contributed by atoms with van der Waals surface area (Å²) in [5, 5.41) is 8.14. The molecule has 5 nitrogen and oxygen atoms in total. The minimum absolute atomic E-state index is 0.251. The van der Waals surface area contributed by atoms with Crippen molar-refractivity contribution in [3.05, 3.63) is 71.4 Å². The Labute approximate surface area is 168 Å². The molecular formula is C23H23FN2O3. The molecule has 150 valence electrons. The second-order valence-electron chi connectivity index (χ2n) is 7.66. The lowest BCUT2D eigenvalue weighted by Gasteiger charge is -2.28. The molecule has 0 amide bonds. The molecule has 4 rings (SSSR count). The third kappa shape index (κ3) is 3.79. The molecule has 0 bridgehead atoms. The fourth-order valence-electron chi connectivity index (χ4n) is 3.89. The monoisotopic (exact) mass is 394 g/mol. The van der Waals surface area contributed by atoms with E-state index in [0.717, 1.165) is 29.5 Å². The van der Waals surface area contributed by atoms with Crippen molar-refractivity contribution in [2.24, 2.45) is 0 Å². The van der Waals surface area contributed by atoms with Gasteiger partial charge in [-0.3, -0.25) is 4.79 Å². The van der Waals surface area contributed by atoms with Gasteiger partial charge >= 0.3 is 5.97 Å². The number of nitrogens with zero attached hydrogens (tertiary/aromatic N) is 2. The maximum Gasteiger partial charge on any atom is 0.317 e. The van der Waals surface area contributed by atoms with E-state index in [1.54, 1.807) is 19.1 Å². The van der Waals surface area contributed by atoms with Gasteiger partial charge in [0.2, 0.25) is 5.89 Å². The van der Waals surface area contributed by atoms with Crippen LogP contribution in [0.2, 0.25) is 0 Å². The van der Waals surface area contributed by atoms with Gasteiger partial charge in [-0.25, -0.2) is 4.39 Å². The van der Waals surface area contributed by atoms with E-state index in [2.05, 4.69) is 10.2 Å². The van der Waals surface area contributed by atoms with E-state index in [0.29, 0.717) is 18.7 Å². The first kappa shape index (κ1) is 19.3. The summed E-state index contributed by atoms with van der Waals surface area (Å²) < 4.78 is 24.8. The van der Waals surface area contributed by atoms with Crippen molar-refractivity contribution in [1.82, 2.24) is 10.2 Å². The quantitative estimate of drug-likeness (QED) is 0.550. The molecule has 1 saturated carbocycles. The number of aromatic nitrogens is 2. The zero-order chi connectivity index (χ0) is 20.4. The summed E-state index contributed by atoms with van der Waals surface area (Å²) in [6, 6.07) is 13.9.